The molecule has 2 rings (SSSR count). The Morgan fingerprint density at radius 1 is 1.47 bits per heavy atom. The first-order valence-corrected chi connectivity index (χ1v) is 4.64. The van der Waals surface area contributed by atoms with E-state index in [0.717, 1.165) is 9.36 Å². The molecule has 2 radical (unpaired) electrons. The quantitative estimate of drug-likeness (QED) is 0.492. The third kappa shape index (κ3) is 1.38. The van der Waals surface area contributed by atoms with Crippen LogP contribution in [0.1, 0.15) is 12.5 Å². The van der Waals surface area contributed by atoms with Gasteiger partial charge in [-0.3, -0.25) is 0 Å². The lowest BCUT2D eigenvalue weighted by Crippen LogP contribution is -2.32. The molecule has 1 atom stereocenters. The Morgan fingerprint density at radius 3 is 2.87 bits per heavy atom. The van der Waals surface area contributed by atoms with Crippen LogP contribution in [0.15, 0.2) is 21.7 Å². The molecule has 0 saturated carbocycles. The van der Waals surface area contributed by atoms with E-state index in [2.05, 4.69) is 0 Å². The van der Waals surface area contributed by atoms with Crippen LogP contribution in [0.25, 0.3) is 0 Å². The highest BCUT2D eigenvalue weighted by Gasteiger charge is 2.22. The largest absolute Gasteiger partial charge is 0.376 e. The summed E-state index contributed by atoms with van der Waals surface area (Å²) in [6.45, 7) is 0.214. The lowest BCUT2D eigenvalue weighted by Gasteiger charge is -2.19. The Hall–Kier alpha value is -1.53. The lowest BCUT2D eigenvalue weighted by molar-refractivity contribution is 0.332. The van der Waals surface area contributed by atoms with E-state index in [4.69, 9.17) is 7.85 Å². The monoisotopic (exact) mass is 209 g/mol. The lowest BCUT2D eigenvalue weighted by atomic mass is 9.97. The summed E-state index contributed by atoms with van der Waals surface area (Å²) in [5.74, 6) is 0. The number of rotatable bonds is 2. The molecule has 1 unspecified atom stereocenters. The first kappa shape index (κ1) is 10.0. The third-order valence-corrected chi connectivity index (χ3v) is 2.43. The van der Waals surface area contributed by atoms with Gasteiger partial charge in [-0.1, -0.05) is 27.7 Å². The van der Waals surface area contributed by atoms with Crippen molar-refractivity contribution in [2.75, 3.05) is 0 Å². The summed E-state index contributed by atoms with van der Waals surface area (Å²) in [5.41, 5.74) is -1.88. The second-order valence-corrected chi connectivity index (χ2v) is 3.35. The number of fused-ring (bicyclic) bond motifs is 1. The minimum Gasteiger partial charge on any atom is -0.243 e. The van der Waals surface area contributed by atoms with Crippen LogP contribution >= 0.6 is 0 Å². The van der Waals surface area contributed by atoms with Crippen molar-refractivity contribution in [2.24, 2.45) is 0 Å². The highest BCUT2D eigenvalue weighted by Crippen LogP contribution is 2.15. The van der Waals surface area contributed by atoms with Gasteiger partial charge in [0.2, 0.25) is 0 Å². The van der Waals surface area contributed by atoms with E-state index in [9.17, 15) is 14.1 Å². The molecule has 15 heavy (non-hydrogen) atoms. The molecule has 0 spiro atoms. The van der Waals surface area contributed by atoms with Crippen LogP contribution in [-0.2, 0) is 6.54 Å². The van der Waals surface area contributed by atoms with Crippen molar-refractivity contribution in [3.8, 4) is 0 Å². The Kier molecular flexibility index (Phi) is 2.38. The summed E-state index contributed by atoms with van der Waals surface area (Å²) in [4.78, 5) is 22.2. The SMILES string of the molecule is [B]CCC1C=CCn2c(=O)n(F)c(=O)n21. The highest BCUT2D eigenvalue weighted by molar-refractivity contribution is 6.08. The predicted octanol–water partition coefficient (Wildman–Crippen LogP) is -0.368. The van der Waals surface area contributed by atoms with E-state index >= 15 is 0 Å². The molecule has 1 aromatic rings. The van der Waals surface area contributed by atoms with Gasteiger partial charge in [0.1, 0.15) is 0 Å². The number of halogens is 1. The first-order chi connectivity index (χ1) is 7.16. The maximum Gasteiger partial charge on any atom is 0.376 e. The summed E-state index contributed by atoms with van der Waals surface area (Å²) >= 11 is 0. The van der Waals surface area contributed by atoms with Crippen LogP contribution in [0.3, 0.4) is 0 Å². The van der Waals surface area contributed by atoms with E-state index in [-0.39, 0.29) is 17.4 Å². The number of nitrogens with zero attached hydrogens (tertiary/aromatic N) is 3. The molecule has 1 aliphatic rings. The number of allylic oxidation sites excluding steroid dienone is 2. The van der Waals surface area contributed by atoms with Crippen LogP contribution in [0.5, 0.6) is 0 Å². The first-order valence-electron chi connectivity index (χ1n) is 4.64. The molecule has 78 valence electrons. The zero-order chi connectivity index (χ0) is 11.0. The fourth-order valence-electron chi connectivity index (χ4n) is 1.74. The number of aromatic nitrogens is 3. The smallest absolute Gasteiger partial charge is 0.243 e. The van der Waals surface area contributed by atoms with Crippen LogP contribution in [-0.4, -0.2) is 22.0 Å². The zero-order valence-corrected chi connectivity index (χ0v) is 7.97. The van der Waals surface area contributed by atoms with Crippen molar-refractivity contribution in [1.29, 1.82) is 0 Å². The molecule has 2 heterocycles. The van der Waals surface area contributed by atoms with Crippen molar-refractivity contribution in [3.05, 3.63) is 33.1 Å². The predicted molar refractivity (Wildman–Crippen MR) is 52.8 cm³/mol. The van der Waals surface area contributed by atoms with Gasteiger partial charge in [0.05, 0.1) is 20.4 Å². The molecule has 7 heteroatoms. The van der Waals surface area contributed by atoms with Gasteiger partial charge in [-0.15, -0.1) is 0 Å². The molecular weight excluding hydrogens is 200 g/mol. The van der Waals surface area contributed by atoms with Gasteiger partial charge in [0, 0.05) is 0 Å². The average molecular weight is 209 g/mol. The number of hydrogen-bond acceptors (Lipinski definition) is 2. The second kappa shape index (κ2) is 3.56. The molecule has 0 saturated heterocycles. The Balaban J connectivity index is 2.60. The molecule has 5 nitrogen and oxygen atoms in total. The van der Waals surface area contributed by atoms with Crippen molar-refractivity contribution in [3.63, 3.8) is 0 Å². The molecule has 0 aromatic carbocycles. The van der Waals surface area contributed by atoms with Crippen molar-refractivity contribution in [2.45, 2.75) is 25.3 Å². The maximum absolute atomic E-state index is 13.0. The minimum absolute atomic E-state index is 0.214. The van der Waals surface area contributed by atoms with Gasteiger partial charge >= 0.3 is 11.4 Å². The molecule has 1 aromatic heterocycles. The summed E-state index contributed by atoms with van der Waals surface area (Å²) in [7, 11) is 5.37. The summed E-state index contributed by atoms with van der Waals surface area (Å²) in [6, 6.07) is -0.332. The fraction of sp³-hybridized carbons (Fsp3) is 0.500. The fourth-order valence-corrected chi connectivity index (χ4v) is 1.74. The van der Waals surface area contributed by atoms with Gasteiger partial charge in [-0.05, 0) is 6.42 Å². The number of hydrogen-bond donors (Lipinski definition) is 0. The van der Waals surface area contributed by atoms with Crippen LogP contribution in [0, 0.1) is 0 Å². The van der Waals surface area contributed by atoms with E-state index in [1.54, 1.807) is 12.2 Å². The molecule has 0 fully saturated rings. The molecule has 1 aliphatic heterocycles. The van der Waals surface area contributed by atoms with Gasteiger partial charge in [0.25, 0.3) is 0 Å². The van der Waals surface area contributed by atoms with E-state index < -0.39 is 11.4 Å². The Labute approximate surface area is 85.7 Å². The van der Waals surface area contributed by atoms with Crippen molar-refractivity contribution >= 4 is 7.85 Å². The average Bonchev–Trinajstić information content (AvgIpc) is 2.46. The topological polar surface area (TPSA) is 48.9 Å². The molecule has 0 bridgehead atoms. The van der Waals surface area contributed by atoms with Gasteiger partial charge in [-0.2, -0.15) is 0 Å². The van der Waals surface area contributed by atoms with Crippen LogP contribution in [0.4, 0.5) is 4.48 Å². The van der Waals surface area contributed by atoms with Crippen LogP contribution < -0.4 is 11.4 Å². The minimum atomic E-state index is -0.942. The molecule has 0 amide bonds. The Morgan fingerprint density at radius 2 is 2.20 bits per heavy atom. The van der Waals surface area contributed by atoms with E-state index in [0.29, 0.717) is 12.7 Å². The summed E-state index contributed by atoms with van der Waals surface area (Å²) < 4.78 is 15.2. The van der Waals surface area contributed by atoms with Crippen molar-refractivity contribution < 1.29 is 4.48 Å². The normalized spacial score (nSPS) is 19.1. The summed E-state index contributed by atoms with van der Waals surface area (Å²) in [6.07, 6.45) is 4.35. The van der Waals surface area contributed by atoms with Gasteiger partial charge in [-0.25, -0.2) is 19.0 Å². The van der Waals surface area contributed by atoms with E-state index in [1.165, 1.54) is 0 Å². The van der Waals surface area contributed by atoms with E-state index in [1.807, 2.05) is 0 Å². The van der Waals surface area contributed by atoms with Gasteiger partial charge in [0.15, 0.2) is 0 Å². The molecule has 0 N–H and O–H groups in total. The standard InChI is InChI=1S/C8H9BFN3O2/c9-4-3-6-2-1-5-11-7(14)12(10)8(15)13(6)11/h1-2,6H,3-5H2. The molecule has 0 aliphatic carbocycles. The third-order valence-electron chi connectivity index (χ3n) is 2.43. The summed E-state index contributed by atoms with van der Waals surface area (Å²) in [5, 5.41) is 0. The highest BCUT2D eigenvalue weighted by atomic mass is 19.2. The Bertz CT molecular complexity index is 513. The maximum atomic E-state index is 13.0. The van der Waals surface area contributed by atoms with Crippen molar-refractivity contribution in [1.82, 2.24) is 14.2 Å². The second-order valence-electron chi connectivity index (χ2n) is 3.35. The van der Waals surface area contributed by atoms with Gasteiger partial charge < -0.3 is 0 Å². The van der Waals surface area contributed by atoms with Crippen LogP contribution in [0.2, 0.25) is 6.32 Å². The zero-order valence-electron chi connectivity index (χ0n) is 7.97. The molecular formula is C8H9BFN3O2.